The molecule has 102 valence electrons. The van der Waals surface area contributed by atoms with Gasteiger partial charge in [0.15, 0.2) is 0 Å². The Morgan fingerprint density at radius 3 is 2.22 bits per heavy atom. The summed E-state index contributed by atoms with van der Waals surface area (Å²) in [4.78, 5) is 1.21. The van der Waals surface area contributed by atoms with Crippen LogP contribution in [0.3, 0.4) is 0 Å². The number of hydrogen-bond acceptors (Lipinski definition) is 3. The van der Waals surface area contributed by atoms with E-state index in [0.29, 0.717) is 6.04 Å². The molecule has 0 bridgehead atoms. The van der Waals surface area contributed by atoms with Crippen molar-refractivity contribution < 1.29 is 13.2 Å². The van der Waals surface area contributed by atoms with Gasteiger partial charge in [-0.2, -0.15) is 18.4 Å². The van der Waals surface area contributed by atoms with Gasteiger partial charge in [0.05, 0.1) is 12.6 Å². The second kappa shape index (κ2) is 4.71. The van der Waals surface area contributed by atoms with Gasteiger partial charge in [-0.3, -0.25) is 10.2 Å². The fourth-order valence-electron chi connectivity index (χ4n) is 2.41. The lowest BCUT2D eigenvalue weighted by atomic mass is 9.94. The molecule has 0 aromatic rings. The molecule has 2 aliphatic rings. The summed E-state index contributed by atoms with van der Waals surface area (Å²) in [6.45, 7) is -0.820. The average Bonchev–Trinajstić information content (AvgIpc) is 3.07. The van der Waals surface area contributed by atoms with Crippen molar-refractivity contribution in [2.45, 2.75) is 43.4 Å². The molecule has 0 heterocycles. The molecule has 2 aliphatic carbocycles. The first kappa shape index (κ1) is 13.6. The third-order valence-corrected chi connectivity index (χ3v) is 3.48. The molecule has 2 fully saturated rings. The van der Waals surface area contributed by atoms with E-state index >= 15 is 0 Å². The molecule has 1 N–H and O–H groups in total. The van der Waals surface area contributed by atoms with Gasteiger partial charge in [0.25, 0.3) is 0 Å². The number of nitrogens with one attached hydrogen (secondary N) is 1. The van der Waals surface area contributed by atoms with Gasteiger partial charge in [0.2, 0.25) is 0 Å². The van der Waals surface area contributed by atoms with Gasteiger partial charge in [0, 0.05) is 12.6 Å². The first-order valence-electron chi connectivity index (χ1n) is 6.29. The Bertz CT molecular complexity index is 341. The standard InChI is InChI=1S/C12H18F3N3/c1-18(8-12(13,14)15)7-11(6-16,9-2-3-9)17-10-4-5-10/h9-10,17H,2-5,7-8H2,1H3. The molecular formula is C12H18F3N3. The third kappa shape index (κ3) is 3.59. The van der Waals surface area contributed by atoms with Crippen molar-refractivity contribution in [3.05, 3.63) is 0 Å². The molecule has 6 heteroatoms. The van der Waals surface area contributed by atoms with E-state index < -0.39 is 18.3 Å². The van der Waals surface area contributed by atoms with Crippen LogP contribution in [-0.2, 0) is 0 Å². The topological polar surface area (TPSA) is 39.1 Å². The zero-order chi connectivity index (χ0) is 13.4. The largest absolute Gasteiger partial charge is 0.401 e. The molecule has 0 aliphatic heterocycles. The zero-order valence-corrected chi connectivity index (χ0v) is 10.4. The Kier molecular flexibility index (Phi) is 3.56. The van der Waals surface area contributed by atoms with Crippen LogP contribution in [0, 0.1) is 17.2 Å². The zero-order valence-electron chi connectivity index (χ0n) is 10.4. The van der Waals surface area contributed by atoms with E-state index in [1.54, 1.807) is 0 Å². The lowest BCUT2D eigenvalue weighted by Crippen LogP contribution is -2.55. The minimum absolute atomic E-state index is 0.143. The first-order chi connectivity index (χ1) is 8.35. The highest BCUT2D eigenvalue weighted by Crippen LogP contribution is 2.41. The Hall–Kier alpha value is -0.800. The van der Waals surface area contributed by atoms with E-state index in [1.165, 1.54) is 11.9 Å². The minimum atomic E-state index is -4.21. The van der Waals surface area contributed by atoms with Crippen LogP contribution in [0.2, 0.25) is 0 Å². The van der Waals surface area contributed by atoms with Gasteiger partial charge in [-0.05, 0) is 38.6 Å². The second-order valence-electron chi connectivity index (χ2n) is 5.56. The van der Waals surface area contributed by atoms with Gasteiger partial charge in [-0.15, -0.1) is 0 Å². The summed E-state index contributed by atoms with van der Waals surface area (Å²) < 4.78 is 37.0. The molecule has 0 saturated heterocycles. The SMILES string of the molecule is CN(CC(F)(F)F)CC(C#N)(NC1CC1)C1CC1. The van der Waals surface area contributed by atoms with Gasteiger partial charge in [0.1, 0.15) is 5.54 Å². The molecule has 2 rings (SSSR count). The summed E-state index contributed by atoms with van der Waals surface area (Å²) in [6.07, 6.45) is -0.280. The van der Waals surface area contributed by atoms with Crippen molar-refractivity contribution in [3.8, 4) is 6.07 Å². The highest BCUT2D eigenvalue weighted by Gasteiger charge is 2.49. The Balaban J connectivity index is 1.98. The summed E-state index contributed by atoms with van der Waals surface area (Å²) in [5.41, 5.74) is -0.791. The number of rotatable bonds is 6. The maximum Gasteiger partial charge on any atom is 0.401 e. The molecule has 18 heavy (non-hydrogen) atoms. The van der Waals surface area contributed by atoms with Crippen LogP contribution >= 0.6 is 0 Å². The van der Waals surface area contributed by atoms with Gasteiger partial charge < -0.3 is 0 Å². The Labute approximate surface area is 105 Å². The summed E-state index contributed by atoms with van der Waals surface area (Å²) in [7, 11) is 1.43. The Morgan fingerprint density at radius 1 is 1.22 bits per heavy atom. The van der Waals surface area contributed by atoms with E-state index in [2.05, 4.69) is 11.4 Å². The van der Waals surface area contributed by atoms with Crippen LogP contribution in [0.4, 0.5) is 13.2 Å². The molecule has 0 radical (unpaired) electrons. The van der Waals surface area contributed by atoms with Crippen LogP contribution in [0.1, 0.15) is 25.7 Å². The molecule has 0 amide bonds. The normalized spacial score (nSPS) is 23.8. The van der Waals surface area contributed by atoms with Gasteiger partial charge >= 0.3 is 6.18 Å². The molecule has 0 aromatic carbocycles. The molecule has 2 saturated carbocycles. The van der Waals surface area contributed by atoms with E-state index in [0.717, 1.165) is 25.7 Å². The third-order valence-electron chi connectivity index (χ3n) is 3.48. The highest BCUT2D eigenvalue weighted by atomic mass is 19.4. The fraction of sp³-hybridized carbons (Fsp3) is 0.917. The fourth-order valence-corrected chi connectivity index (χ4v) is 2.41. The van der Waals surface area contributed by atoms with Crippen LogP contribution < -0.4 is 5.32 Å². The molecule has 1 unspecified atom stereocenters. The smallest absolute Gasteiger partial charge is 0.295 e. The van der Waals surface area contributed by atoms with E-state index in [1.807, 2.05) is 0 Å². The van der Waals surface area contributed by atoms with Gasteiger partial charge in [-0.25, -0.2) is 0 Å². The number of nitriles is 1. The van der Waals surface area contributed by atoms with Crippen LogP contribution in [-0.4, -0.2) is 42.8 Å². The van der Waals surface area contributed by atoms with Crippen molar-refractivity contribution in [3.63, 3.8) is 0 Å². The average molecular weight is 261 g/mol. The Morgan fingerprint density at radius 2 is 1.83 bits per heavy atom. The highest BCUT2D eigenvalue weighted by molar-refractivity contribution is 5.18. The van der Waals surface area contributed by atoms with E-state index in [9.17, 15) is 18.4 Å². The maximum atomic E-state index is 12.3. The predicted octanol–water partition coefficient (Wildman–Crippen LogP) is 1.90. The lowest BCUT2D eigenvalue weighted by Gasteiger charge is -2.33. The van der Waals surface area contributed by atoms with Crippen LogP contribution in [0.5, 0.6) is 0 Å². The molecule has 1 atom stereocenters. The van der Waals surface area contributed by atoms with Crippen LogP contribution in [0.25, 0.3) is 0 Å². The summed E-state index contributed by atoms with van der Waals surface area (Å²) >= 11 is 0. The molecule has 3 nitrogen and oxygen atoms in total. The van der Waals surface area contributed by atoms with E-state index in [4.69, 9.17) is 0 Å². The quantitative estimate of drug-likeness (QED) is 0.793. The van der Waals surface area contributed by atoms with Gasteiger partial charge in [-0.1, -0.05) is 0 Å². The second-order valence-corrected chi connectivity index (χ2v) is 5.56. The number of halogens is 3. The number of likely N-dealkylation sites (N-methyl/N-ethyl adjacent to an activating group) is 1. The number of alkyl halides is 3. The number of hydrogen-bond donors (Lipinski definition) is 1. The minimum Gasteiger partial charge on any atom is -0.295 e. The van der Waals surface area contributed by atoms with Crippen molar-refractivity contribution >= 4 is 0 Å². The maximum absolute atomic E-state index is 12.3. The molecular weight excluding hydrogens is 243 g/mol. The van der Waals surface area contributed by atoms with Crippen molar-refractivity contribution in [2.24, 2.45) is 5.92 Å². The summed E-state index contributed by atoms with van der Waals surface area (Å²) in [5, 5.41) is 12.7. The number of nitrogens with zero attached hydrogens (tertiary/aromatic N) is 2. The lowest BCUT2D eigenvalue weighted by molar-refractivity contribution is -0.144. The monoisotopic (exact) mass is 261 g/mol. The van der Waals surface area contributed by atoms with Crippen LogP contribution in [0.15, 0.2) is 0 Å². The van der Waals surface area contributed by atoms with E-state index in [-0.39, 0.29) is 12.5 Å². The predicted molar refractivity (Wildman–Crippen MR) is 60.8 cm³/mol. The van der Waals surface area contributed by atoms with Crippen molar-refractivity contribution in [2.75, 3.05) is 20.1 Å². The van der Waals surface area contributed by atoms with Crippen molar-refractivity contribution in [1.29, 1.82) is 5.26 Å². The summed E-state index contributed by atoms with van der Waals surface area (Å²) in [6, 6.07) is 2.57. The molecule has 0 spiro atoms. The van der Waals surface area contributed by atoms with Crippen molar-refractivity contribution in [1.82, 2.24) is 10.2 Å². The summed E-state index contributed by atoms with van der Waals surface area (Å²) in [5.74, 6) is 0.207. The first-order valence-corrected chi connectivity index (χ1v) is 6.29. The molecule has 0 aromatic heterocycles.